The third-order valence-electron chi connectivity index (χ3n) is 2.61. The minimum atomic E-state index is 0.227. The molecule has 0 heterocycles. The predicted molar refractivity (Wildman–Crippen MR) is 70.0 cm³/mol. The van der Waals surface area contributed by atoms with E-state index in [-0.39, 0.29) is 6.61 Å². The summed E-state index contributed by atoms with van der Waals surface area (Å²) in [6, 6.07) is 3.71. The highest BCUT2D eigenvalue weighted by Gasteiger charge is 2.05. The number of halogens is 1. The number of nitrogens with one attached hydrogen (secondary N) is 1. The van der Waals surface area contributed by atoms with E-state index in [1.54, 1.807) is 0 Å². The summed E-state index contributed by atoms with van der Waals surface area (Å²) in [7, 11) is 0. The Morgan fingerprint density at radius 1 is 1.50 bits per heavy atom. The highest BCUT2D eigenvalue weighted by atomic mass is 35.5. The third kappa shape index (κ3) is 3.58. The van der Waals surface area contributed by atoms with Crippen LogP contribution in [0.3, 0.4) is 0 Å². The van der Waals surface area contributed by atoms with Crippen LogP contribution in [0.4, 0.5) is 11.4 Å². The van der Waals surface area contributed by atoms with Crippen molar-refractivity contribution in [1.82, 2.24) is 0 Å². The fourth-order valence-corrected chi connectivity index (χ4v) is 1.66. The second kappa shape index (κ2) is 5.97. The maximum Gasteiger partial charge on any atom is 0.0656 e. The van der Waals surface area contributed by atoms with Crippen molar-refractivity contribution in [2.45, 2.75) is 20.3 Å². The van der Waals surface area contributed by atoms with Crippen LogP contribution in [0, 0.1) is 12.8 Å². The molecular formula is C12H19ClN2O. The lowest BCUT2D eigenvalue weighted by Crippen LogP contribution is -2.13. The summed E-state index contributed by atoms with van der Waals surface area (Å²) in [5, 5.41) is 12.7. The summed E-state index contributed by atoms with van der Waals surface area (Å²) >= 11 is 5.96. The molecule has 0 saturated heterocycles. The van der Waals surface area contributed by atoms with Gasteiger partial charge in [0.15, 0.2) is 0 Å². The van der Waals surface area contributed by atoms with Gasteiger partial charge in [0.2, 0.25) is 0 Å². The number of aliphatic hydroxyl groups excluding tert-OH is 1. The minimum absolute atomic E-state index is 0.227. The molecule has 1 aromatic carbocycles. The summed E-state index contributed by atoms with van der Waals surface area (Å²) in [5.74, 6) is 0.431. The molecule has 4 N–H and O–H groups in total. The molecule has 0 fully saturated rings. The zero-order valence-corrected chi connectivity index (χ0v) is 10.5. The molecule has 1 rings (SSSR count). The van der Waals surface area contributed by atoms with Gasteiger partial charge in [0.05, 0.1) is 10.7 Å². The van der Waals surface area contributed by atoms with Gasteiger partial charge in [-0.25, -0.2) is 0 Å². The van der Waals surface area contributed by atoms with Crippen LogP contribution >= 0.6 is 11.6 Å². The molecule has 1 atom stereocenters. The normalized spacial score (nSPS) is 12.5. The van der Waals surface area contributed by atoms with Crippen molar-refractivity contribution in [2.24, 2.45) is 5.92 Å². The lowest BCUT2D eigenvalue weighted by atomic mass is 10.1. The van der Waals surface area contributed by atoms with Crippen molar-refractivity contribution in [3.05, 3.63) is 22.7 Å². The molecule has 0 saturated carbocycles. The van der Waals surface area contributed by atoms with E-state index in [0.717, 1.165) is 24.2 Å². The summed E-state index contributed by atoms with van der Waals surface area (Å²) in [6.45, 7) is 5.13. The molecule has 0 aliphatic rings. The van der Waals surface area contributed by atoms with Gasteiger partial charge < -0.3 is 16.2 Å². The van der Waals surface area contributed by atoms with Crippen LogP contribution in [0.1, 0.15) is 18.9 Å². The molecule has 0 spiro atoms. The topological polar surface area (TPSA) is 58.3 Å². The van der Waals surface area contributed by atoms with E-state index in [1.165, 1.54) is 0 Å². The third-order valence-corrected chi connectivity index (χ3v) is 2.93. The van der Waals surface area contributed by atoms with Crippen molar-refractivity contribution in [3.63, 3.8) is 0 Å². The van der Waals surface area contributed by atoms with Crippen LogP contribution in [0.25, 0.3) is 0 Å². The molecule has 90 valence electrons. The fraction of sp³-hybridized carbons (Fsp3) is 0.500. The molecule has 16 heavy (non-hydrogen) atoms. The van der Waals surface area contributed by atoms with Gasteiger partial charge in [0.25, 0.3) is 0 Å². The lowest BCUT2D eigenvalue weighted by Gasteiger charge is -2.15. The first-order valence-corrected chi connectivity index (χ1v) is 5.82. The van der Waals surface area contributed by atoms with Crippen LogP contribution in [-0.2, 0) is 0 Å². The van der Waals surface area contributed by atoms with Gasteiger partial charge in [-0.2, -0.15) is 0 Å². The lowest BCUT2D eigenvalue weighted by molar-refractivity contribution is 0.266. The molecule has 4 heteroatoms. The van der Waals surface area contributed by atoms with Crippen LogP contribution in [0.5, 0.6) is 0 Å². The number of nitrogen functional groups attached to an aromatic ring is 1. The van der Waals surface area contributed by atoms with E-state index >= 15 is 0 Å². The molecule has 0 radical (unpaired) electrons. The molecule has 0 aliphatic heterocycles. The Hall–Kier alpha value is -0.930. The number of aryl methyl sites for hydroxylation is 1. The predicted octanol–water partition coefficient (Wildman–Crippen LogP) is 2.66. The van der Waals surface area contributed by atoms with E-state index in [2.05, 4.69) is 12.2 Å². The first-order chi connectivity index (χ1) is 7.54. The fourth-order valence-electron chi connectivity index (χ4n) is 1.50. The Labute approximate surface area is 102 Å². The molecular weight excluding hydrogens is 224 g/mol. The monoisotopic (exact) mass is 242 g/mol. The molecule has 0 amide bonds. The summed E-state index contributed by atoms with van der Waals surface area (Å²) in [5.41, 5.74) is 8.39. The van der Waals surface area contributed by atoms with Crippen molar-refractivity contribution >= 4 is 23.0 Å². The zero-order chi connectivity index (χ0) is 12.1. The SMILES string of the molecule is Cc1cc(N)c(Cl)cc1NCC(C)CCO. The highest BCUT2D eigenvalue weighted by molar-refractivity contribution is 6.33. The average Bonchev–Trinajstić information content (AvgIpc) is 2.22. The van der Waals surface area contributed by atoms with Crippen LogP contribution in [-0.4, -0.2) is 18.3 Å². The van der Waals surface area contributed by atoms with Gasteiger partial charge in [0, 0.05) is 18.8 Å². The number of hydrogen-bond donors (Lipinski definition) is 3. The Morgan fingerprint density at radius 2 is 2.19 bits per heavy atom. The quantitative estimate of drug-likeness (QED) is 0.696. The number of anilines is 2. The summed E-state index contributed by atoms with van der Waals surface area (Å²) in [4.78, 5) is 0. The van der Waals surface area contributed by atoms with Gasteiger partial charge in [-0.3, -0.25) is 0 Å². The van der Waals surface area contributed by atoms with Gasteiger partial charge in [-0.05, 0) is 37.0 Å². The summed E-state index contributed by atoms with van der Waals surface area (Å²) < 4.78 is 0. The van der Waals surface area contributed by atoms with Gasteiger partial charge >= 0.3 is 0 Å². The zero-order valence-electron chi connectivity index (χ0n) is 9.76. The van der Waals surface area contributed by atoms with Crippen LogP contribution < -0.4 is 11.1 Å². The number of rotatable bonds is 5. The number of hydrogen-bond acceptors (Lipinski definition) is 3. The van der Waals surface area contributed by atoms with Gasteiger partial charge in [0.1, 0.15) is 0 Å². The second-order valence-corrected chi connectivity index (χ2v) is 4.59. The van der Waals surface area contributed by atoms with Gasteiger partial charge in [-0.1, -0.05) is 18.5 Å². The van der Waals surface area contributed by atoms with E-state index in [1.807, 2.05) is 19.1 Å². The maximum atomic E-state index is 8.80. The molecule has 0 aromatic heterocycles. The first-order valence-electron chi connectivity index (χ1n) is 5.45. The van der Waals surface area contributed by atoms with Crippen molar-refractivity contribution in [3.8, 4) is 0 Å². The summed E-state index contributed by atoms with van der Waals surface area (Å²) in [6.07, 6.45) is 0.800. The standard InChI is InChI=1S/C12H19ClN2O/c1-8(3-4-16)7-15-12-6-10(13)11(14)5-9(12)2/h5-6,8,15-16H,3-4,7,14H2,1-2H3. The molecule has 0 aliphatic carbocycles. The minimum Gasteiger partial charge on any atom is -0.398 e. The number of benzene rings is 1. The van der Waals surface area contributed by atoms with E-state index < -0.39 is 0 Å². The molecule has 1 aromatic rings. The van der Waals surface area contributed by atoms with Crippen molar-refractivity contribution in [1.29, 1.82) is 0 Å². The van der Waals surface area contributed by atoms with Crippen molar-refractivity contribution < 1.29 is 5.11 Å². The smallest absolute Gasteiger partial charge is 0.0656 e. The van der Waals surface area contributed by atoms with E-state index in [9.17, 15) is 0 Å². The molecule has 3 nitrogen and oxygen atoms in total. The largest absolute Gasteiger partial charge is 0.398 e. The van der Waals surface area contributed by atoms with Crippen LogP contribution in [0.2, 0.25) is 5.02 Å². The molecule has 0 bridgehead atoms. The van der Waals surface area contributed by atoms with Gasteiger partial charge in [-0.15, -0.1) is 0 Å². The number of aliphatic hydroxyl groups is 1. The highest BCUT2D eigenvalue weighted by Crippen LogP contribution is 2.26. The second-order valence-electron chi connectivity index (χ2n) is 4.19. The first kappa shape index (κ1) is 13.1. The van der Waals surface area contributed by atoms with Crippen molar-refractivity contribution in [2.75, 3.05) is 24.2 Å². The number of nitrogens with two attached hydrogens (primary N) is 1. The Kier molecular flexibility index (Phi) is 4.90. The molecule has 1 unspecified atom stereocenters. The van der Waals surface area contributed by atoms with E-state index in [4.69, 9.17) is 22.4 Å². The Bertz CT molecular complexity index is 355. The van der Waals surface area contributed by atoms with Crippen LogP contribution in [0.15, 0.2) is 12.1 Å². The Balaban J connectivity index is 2.63. The maximum absolute atomic E-state index is 8.80. The van der Waals surface area contributed by atoms with E-state index in [0.29, 0.717) is 16.6 Å². The average molecular weight is 243 g/mol. The Morgan fingerprint density at radius 3 is 2.81 bits per heavy atom.